The van der Waals surface area contributed by atoms with Crippen molar-refractivity contribution in [3.05, 3.63) is 80.8 Å². The highest BCUT2D eigenvalue weighted by Gasteiger charge is 2.19. The van der Waals surface area contributed by atoms with E-state index in [2.05, 4.69) is 33.8 Å². The second kappa shape index (κ2) is 7.76. The van der Waals surface area contributed by atoms with E-state index in [1.807, 2.05) is 25.2 Å². The molecule has 0 saturated heterocycles. The van der Waals surface area contributed by atoms with E-state index in [1.54, 1.807) is 12.1 Å². The largest absolute Gasteiger partial charge is 0.367 e. The van der Waals surface area contributed by atoms with Crippen molar-refractivity contribution in [1.82, 2.24) is 0 Å². The minimum Gasteiger partial charge on any atom is -0.367 e. The van der Waals surface area contributed by atoms with Gasteiger partial charge in [0.15, 0.2) is 0 Å². The second-order valence-corrected chi connectivity index (χ2v) is 8.35. The first-order valence-electron chi connectivity index (χ1n) is 9.45. The van der Waals surface area contributed by atoms with Crippen LogP contribution in [0.3, 0.4) is 0 Å². The first kappa shape index (κ1) is 18.7. The van der Waals surface area contributed by atoms with Gasteiger partial charge in [-0.25, -0.2) is 4.39 Å². The van der Waals surface area contributed by atoms with Crippen molar-refractivity contribution < 1.29 is 9.18 Å². The third-order valence-corrected chi connectivity index (χ3v) is 6.23. The molecule has 5 heteroatoms. The maximum atomic E-state index is 13.3. The van der Waals surface area contributed by atoms with Crippen LogP contribution in [-0.4, -0.2) is 12.5 Å². The molecule has 144 valence electrons. The summed E-state index contributed by atoms with van der Waals surface area (Å²) in [5.41, 5.74) is 6.20. The molecule has 2 heterocycles. The molecule has 0 aliphatic carbocycles. The predicted octanol–water partition coefficient (Wildman–Crippen LogP) is 5.25. The molecule has 3 aromatic rings. The fourth-order valence-corrected chi connectivity index (χ4v) is 4.69. The van der Waals surface area contributed by atoms with Crippen LogP contribution in [0.25, 0.3) is 0 Å². The summed E-state index contributed by atoms with van der Waals surface area (Å²) in [6, 6.07) is 12.7. The van der Waals surface area contributed by atoms with Crippen LogP contribution in [-0.2, 0) is 24.2 Å². The number of carbonyl (C=O) groups is 1. The molecule has 1 aromatic heterocycles. The fourth-order valence-electron chi connectivity index (χ4n) is 3.81. The molecule has 0 saturated carbocycles. The lowest BCUT2D eigenvalue weighted by Gasteiger charge is -2.30. The number of nitrogens with one attached hydrogen (secondary N) is 1. The topological polar surface area (TPSA) is 32.3 Å². The summed E-state index contributed by atoms with van der Waals surface area (Å²) in [6.07, 6.45) is 1.24. The number of halogens is 1. The van der Waals surface area contributed by atoms with Crippen molar-refractivity contribution in [2.24, 2.45) is 0 Å². The van der Waals surface area contributed by atoms with Crippen molar-refractivity contribution in [3.63, 3.8) is 0 Å². The molecule has 1 aliphatic rings. The quantitative estimate of drug-likeness (QED) is 0.656. The maximum Gasteiger partial charge on any atom is 0.228 e. The number of aryl methyl sites for hydroxylation is 2. The van der Waals surface area contributed by atoms with Crippen LogP contribution in [0.4, 0.5) is 15.8 Å². The maximum absolute atomic E-state index is 13.3. The predicted molar refractivity (Wildman–Crippen MR) is 114 cm³/mol. The van der Waals surface area contributed by atoms with Crippen molar-refractivity contribution >= 4 is 28.6 Å². The molecule has 1 N–H and O–H groups in total. The van der Waals surface area contributed by atoms with Crippen molar-refractivity contribution in [2.75, 3.05) is 16.8 Å². The molecule has 1 aliphatic heterocycles. The number of anilines is 2. The van der Waals surface area contributed by atoms with Crippen molar-refractivity contribution in [1.29, 1.82) is 0 Å². The van der Waals surface area contributed by atoms with Gasteiger partial charge in [-0.3, -0.25) is 4.79 Å². The van der Waals surface area contributed by atoms with Crippen LogP contribution >= 0.6 is 11.3 Å². The number of hydrogen-bond donors (Lipinski definition) is 1. The van der Waals surface area contributed by atoms with E-state index in [-0.39, 0.29) is 18.1 Å². The van der Waals surface area contributed by atoms with E-state index in [9.17, 15) is 9.18 Å². The van der Waals surface area contributed by atoms with E-state index in [4.69, 9.17) is 0 Å². The summed E-state index contributed by atoms with van der Waals surface area (Å²) < 4.78 is 13.3. The lowest BCUT2D eigenvalue weighted by atomic mass is 10.0. The Bertz CT molecular complexity index is 1000. The van der Waals surface area contributed by atoms with E-state index < -0.39 is 0 Å². The van der Waals surface area contributed by atoms with Gasteiger partial charge in [0.1, 0.15) is 5.82 Å². The van der Waals surface area contributed by atoms with E-state index in [0.717, 1.165) is 36.3 Å². The molecule has 2 aromatic carbocycles. The standard InChI is InChI=1S/C23H23FN2OS/c1-15-10-20(26-8-6-21-18(14-26)7-9-28-21)11-16(2)23(15)25-22(27)13-17-4-3-5-19(24)12-17/h3-5,7,9-12H,6,8,13-14H2,1-2H3,(H,25,27). The van der Waals surface area contributed by atoms with Crippen molar-refractivity contribution in [2.45, 2.75) is 33.2 Å². The average molecular weight is 395 g/mol. The van der Waals surface area contributed by atoms with Gasteiger partial charge in [-0.05, 0) is 78.2 Å². The van der Waals surface area contributed by atoms with E-state index in [1.165, 1.54) is 28.3 Å². The van der Waals surface area contributed by atoms with Crippen LogP contribution in [0, 0.1) is 19.7 Å². The van der Waals surface area contributed by atoms with Crippen molar-refractivity contribution in [3.8, 4) is 0 Å². The summed E-state index contributed by atoms with van der Waals surface area (Å²) in [5, 5.41) is 5.18. The number of carbonyl (C=O) groups excluding carboxylic acids is 1. The first-order valence-corrected chi connectivity index (χ1v) is 10.3. The smallest absolute Gasteiger partial charge is 0.228 e. The normalized spacial score (nSPS) is 13.3. The summed E-state index contributed by atoms with van der Waals surface area (Å²) in [6.45, 7) is 5.99. The van der Waals surface area contributed by atoms with Gasteiger partial charge in [-0.15, -0.1) is 11.3 Å². The van der Waals surface area contributed by atoms with Gasteiger partial charge in [-0.1, -0.05) is 12.1 Å². The Labute approximate surface area is 168 Å². The van der Waals surface area contributed by atoms with Gasteiger partial charge in [0.25, 0.3) is 0 Å². The van der Waals surface area contributed by atoms with Gasteiger partial charge in [-0.2, -0.15) is 0 Å². The Morgan fingerprint density at radius 1 is 1.18 bits per heavy atom. The van der Waals surface area contributed by atoms with Gasteiger partial charge >= 0.3 is 0 Å². The number of hydrogen-bond acceptors (Lipinski definition) is 3. The third kappa shape index (κ3) is 3.94. The number of thiophene rings is 1. The highest BCUT2D eigenvalue weighted by atomic mass is 32.1. The second-order valence-electron chi connectivity index (χ2n) is 7.35. The van der Waals surface area contributed by atoms with Crippen LogP contribution < -0.4 is 10.2 Å². The number of fused-ring (bicyclic) bond motifs is 1. The molecule has 0 radical (unpaired) electrons. The number of benzene rings is 2. The summed E-state index contributed by atoms with van der Waals surface area (Å²) in [7, 11) is 0. The highest BCUT2D eigenvalue weighted by Crippen LogP contribution is 2.32. The zero-order valence-corrected chi connectivity index (χ0v) is 16.9. The van der Waals surface area contributed by atoms with Crippen LogP contribution in [0.1, 0.15) is 27.1 Å². The van der Waals surface area contributed by atoms with Crippen LogP contribution in [0.5, 0.6) is 0 Å². The molecule has 0 fully saturated rings. The monoisotopic (exact) mass is 394 g/mol. The van der Waals surface area contributed by atoms with Gasteiger partial charge < -0.3 is 10.2 Å². The van der Waals surface area contributed by atoms with Gasteiger partial charge in [0.05, 0.1) is 6.42 Å². The Hall–Kier alpha value is -2.66. The number of nitrogens with zero attached hydrogens (tertiary/aromatic N) is 1. The minimum absolute atomic E-state index is 0.134. The summed E-state index contributed by atoms with van der Waals surface area (Å²) in [5.74, 6) is -0.456. The summed E-state index contributed by atoms with van der Waals surface area (Å²) in [4.78, 5) is 16.3. The van der Waals surface area contributed by atoms with Gasteiger partial charge in [0.2, 0.25) is 5.91 Å². The molecule has 1 amide bonds. The Kier molecular flexibility index (Phi) is 5.18. The Morgan fingerprint density at radius 2 is 1.96 bits per heavy atom. The highest BCUT2D eigenvalue weighted by molar-refractivity contribution is 7.10. The SMILES string of the molecule is Cc1cc(N2CCc3sccc3C2)cc(C)c1NC(=O)Cc1cccc(F)c1. The molecule has 3 nitrogen and oxygen atoms in total. The molecule has 0 atom stereocenters. The number of rotatable bonds is 4. The fraction of sp³-hybridized carbons (Fsp3) is 0.261. The Morgan fingerprint density at radius 3 is 2.71 bits per heavy atom. The van der Waals surface area contributed by atoms with E-state index in [0.29, 0.717) is 5.56 Å². The van der Waals surface area contributed by atoms with Crippen LogP contribution in [0.15, 0.2) is 47.8 Å². The Balaban J connectivity index is 1.49. The average Bonchev–Trinajstić information content (AvgIpc) is 3.12. The summed E-state index contributed by atoms with van der Waals surface area (Å²) >= 11 is 1.84. The lowest BCUT2D eigenvalue weighted by Crippen LogP contribution is -2.29. The first-order chi connectivity index (χ1) is 13.5. The molecule has 0 unspecified atom stereocenters. The van der Waals surface area contributed by atoms with Gasteiger partial charge in [0, 0.05) is 29.3 Å². The lowest BCUT2D eigenvalue weighted by molar-refractivity contribution is -0.115. The molecule has 0 spiro atoms. The number of amides is 1. The minimum atomic E-state index is -0.322. The molecule has 28 heavy (non-hydrogen) atoms. The molecule has 0 bridgehead atoms. The molecular formula is C23H23FN2OS. The zero-order valence-electron chi connectivity index (χ0n) is 16.1. The third-order valence-electron chi connectivity index (χ3n) is 5.21. The zero-order chi connectivity index (χ0) is 19.7. The molecular weight excluding hydrogens is 371 g/mol. The van der Waals surface area contributed by atoms with E-state index >= 15 is 0 Å². The van der Waals surface area contributed by atoms with Crippen LogP contribution in [0.2, 0.25) is 0 Å². The molecule has 4 rings (SSSR count).